The van der Waals surface area contributed by atoms with Gasteiger partial charge in [0.1, 0.15) is 5.75 Å². The first-order valence-corrected chi connectivity index (χ1v) is 12.4. The maximum absolute atomic E-state index is 12.3. The molecule has 7 nitrogen and oxygen atoms in total. The SMILES string of the molecule is CN=C(NCC1CCCN(C)C1c1ccc(OC)cc1)N1CCS(=O)(=O)C(C)(C)C1. The summed E-state index contributed by atoms with van der Waals surface area (Å²) in [4.78, 5) is 8.96. The lowest BCUT2D eigenvalue weighted by Crippen LogP contribution is -2.57. The number of benzene rings is 1. The Bertz CT molecular complexity index is 852. The molecule has 168 valence electrons. The summed E-state index contributed by atoms with van der Waals surface area (Å²) in [6.07, 6.45) is 2.31. The summed E-state index contributed by atoms with van der Waals surface area (Å²) in [5.41, 5.74) is 1.30. The molecule has 1 N–H and O–H groups in total. The number of hydrogen-bond donors (Lipinski definition) is 1. The van der Waals surface area contributed by atoms with Gasteiger partial charge in [0.25, 0.3) is 0 Å². The van der Waals surface area contributed by atoms with Gasteiger partial charge in [0, 0.05) is 32.7 Å². The lowest BCUT2D eigenvalue weighted by Gasteiger charge is -2.42. The largest absolute Gasteiger partial charge is 0.497 e. The van der Waals surface area contributed by atoms with E-state index in [0.717, 1.165) is 31.2 Å². The molecule has 1 aromatic rings. The van der Waals surface area contributed by atoms with Crippen molar-refractivity contribution in [3.05, 3.63) is 29.8 Å². The van der Waals surface area contributed by atoms with Crippen molar-refractivity contribution in [3.63, 3.8) is 0 Å². The third-order valence-electron chi connectivity index (χ3n) is 6.54. The van der Waals surface area contributed by atoms with Crippen molar-refractivity contribution < 1.29 is 13.2 Å². The highest BCUT2D eigenvalue weighted by atomic mass is 32.2. The van der Waals surface area contributed by atoms with Crippen molar-refractivity contribution in [1.29, 1.82) is 0 Å². The van der Waals surface area contributed by atoms with Crippen molar-refractivity contribution in [2.24, 2.45) is 10.9 Å². The van der Waals surface area contributed by atoms with Gasteiger partial charge in [-0.15, -0.1) is 0 Å². The van der Waals surface area contributed by atoms with Crippen LogP contribution in [0.15, 0.2) is 29.3 Å². The topological polar surface area (TPSA) is 74.2 Å². The van der Waals surface area contributed by atoms with Crippen LogP contribution in [-0.2, 0) is 9.84 Å². The minimum absolute atomic E-state index is 0.168. The van der Waals surface area contributed by atoms with Crippen LogP contribution in [0.3, 0.4) is 0 Å². The molecule has 3 rings (SSSR count). The minimum Gasteiger partial charge on any atom is -0.497 e. The summed E-state index contributed by atoms with van der Waals surface area (Å²) >= 11 is 0. The van der Waals surface area contributed by atoms with Crippen molar-refractivity contribution >= 4 is 15.8 Å². The molecule has 30 heavy (non-hydrogen) atoms. The molecule has 0 bridgehead atoms. The molecule has 2 aliphatic rings. The predicted octanol–water partition coefficient (Wildman–Crippen LogP) is 2.16. The van der Waals surface area contributed by atoms with Gasteiger partial charge in [0.2, 0.25) is 0 Å². The minimum atomic E-state index is -3.07. The average molecular weight is 437 g/mol. The Hall–Kier alpha value is -1.80. The van der Waals surface area contributed by atoms with Gasteiger partial charge in [-0.3, -0.25) is 9.89 Å². The van der Waals surface area contributed by atoms with Crippen LogP contribution in [0.2, 0.25) is 0 Å². The fourth-order valence-corrected chi connectivity index (χ4v) is 6.05. The number of nitrogens with zero attached hydrogens (tertiary/aromatic N) is 3. The normalized spacial score (nSPS) is 27.0. The summed E-state index contributed by atoms with van der Waals surface area (Å²) in [5, 5.41) is 3.55. The van der Waals surface area contributed by atoms with Gasteiger partial charge in [-0.1, -0.05) is 12.1 Å². The summed E-state index contributed by atoms with van der Waals surface area (Å²) < 4.78 is 29.2. The number of hydrogen-bond acceptors (Lipinski definition) is 5. The molecule has 2 saturated heterocycles. The third-order valence-corrected chi connectivity index (χ3v) is 9.07. The van der Waals surface area contributed by atoms with Gasteiger partial charge >= 0.3 is 0 Å². The van der Waals surface area contributed by atoms with Crippen molar-refractivity contribution in [1.82, 2.24) is 15.1 Å². The molecule has 0 spiro atoms. The van der Waals surface area contributed by atoms with Gasteiger partial charge in [0.05, 0.1) is 17.6 Å². The smallest absolute Gasteiger partial charge is 0.193 e. The molecular formula is C22H36N4O3S. The van der Waals surface area contributed by atoms with E-state index in [9.17, 15) is 8.42 Å². The van der Waals surface area contributed by atoms with E-state index in [0.29, 0.717) is 25.0 Å². The first-order valence-electron chi connectivity index (χ1n) is 10.7. The van der Waals surface area contributed by atoms with Gasteiger partial charge in [-0.25, -0.2) is 8.42 Å². The van der Waals surface area contributed by atoms with E-state index in [1.54, 1.807) is 28.0 Å². The zero-order valence-electron chi connectivity index (χ0n) is 18.9. The van der Waals surface area contributed by atoms with Crippen LogP contribution in [0.4, 0.5) is 0 Å². The highest BCUT2D eigenvalue weighted by molar-refractivity contribution is 7.92. The summed E-state index contributed by atoms with van der Waals surface area (Å²) in [6, 6.07) is 8.69. The highest BCUT2D eigenvalue weighted by Gasteiger charge is 2.41. The quantitative estimate of drug-likeness (QED) is 0.576. The maximum atomic E-state index is 12.3. The van der Waals surface area contributed by atoms with E-state index in [1.165, 1.54) is 12.0 Å². The van der Waals surface area contributed by atoms with E-state index in [-0.39, 0.29) is 5.75 Å². The molecule has 0 aliphatic carbocycles. The lowest BCUT2D eigenvalue weighted by atomic mass is 9.85. The number of likely N-dealkylation sites (tertiary alicyclic amines) is 1. The van der Waals surface area contributed by atoms with E-state index in [1.807, 2.05) is 12.1 Å². The lowest BCUT2D eigenvalue weighted by molar-refractivity contribution is 0.122. The zero-order chi connectivity index (χ0) is 21.9. The van der Waals surface area contributed by atoms with Gasteiger partial charge < -0.3 is 15.0 Å². The van der Waals surface area contributed by atoms with Crippen LogP contribution in [-0.4, -0.2) is 82.1 Å². The van der Waals surface area contributed by atoms with Crippen LogP contribution in [0.1, 0.15) is 38.3 Å². The number of ether oxygens (including phenoxy) is 1. The van der Waals surface area contributed by atoms with Gasteiger partial charge in [0.15, 0.2) is 15.8 Å². The molecule has 2 fully saturated rings. The van der Waals surface area contributed by atoms with Crippen LogP contribution in [0.5, 0.6) is 5.75 Å². The first-order chi connectivity index (χ1) is 14.2. The second-order valence-corrected chi connectivity index (χ2v) is 11.8. The molecule has 0 amide bonds. The fraction of sp³-hybridized carbons (Fsp3) is 0.682. The Kier molecular flexibility index (Phi) is 6.97. The zero-order valence-corrected chi connectivity index (χ0v) is 19.7. The number of sulfone groups is 1. The summed E-state index contributed by atoms with van der Waals surface area (Å²) in [5.74, 6) is 2.27. The van der Waals surface area contributed by atoms with E-state index in [2.05, 4.69) is 39.3 Å². The Morgan fingerprint density at radius 2 is 1.97 bits per heavy atom. The number of rotatable bonds is 4. The Morgan fingerprint density at radius 3 is 2.57 bits per heavy atom. The predicted molar refractivity (Wildman–Crippen MR) is 122 cm³/mol. The van der Waals surface area contributed by atoms with Crippen LogP contribution >= 0.6 is 0 Å². The molecule has 1 aromatic carbocycles. The molecule has 2 atom stereocenters. The number of piperidine rings is 1. The second kappa shape index (κ2) is 9.14. The molecule has 8 heteroatoms. The molecule has 0 radical (unpaired) electrons. The average Bonchev–Trinajstić information content (AvgIpc) is 2.71. The number of aliphatic imine (C=N–C) groups is 1. The highest BCUT2D eigenvalue weighted by Crippen LogP contribution is 2.35. The van der Waals surface area contributed by atoms with Crippen LogP contribution in [0, 0.1) is 5.92 Å². The van der Waals surface area contributed by atoms with Crippen LogP contribution in [0.25, 0.3) is 0 Å². The van der Waals surface area contributed by atoms with E-state index < -0.39 is 14.6 Å². The number of guanidine groups is 1. The van der Waals surface area contributed by atoms with Crippen LogP contribution < -0.4 is 10.1 Å². The third kappa shape index (κ3) is 4.75. The summed E-state index contributed by atoms with van der Waals surface area (Å²) in [6.45, 7) is 6.44. The standard InChI is InChI=1S/C22H36N4O3S/c1-22(2)16-26(13-14-30(22,27)28)21(23-3)24-15-18-7-6-12-25(4)20(18)17-8-10-19(29-5)11-9-17/h8-11,18,20H,6-7,12-16H2,1-5H3,(H,23,24). The maximum Gasteiger partial charge on any atom is 0.193 e. The Balaban J connectivity index is 1.70. The van der Waals surface area contributed by atoms with E-state index >= 15 is 0 Å². The number of methoxy groups -OCH3 is 1. The molecular weight excluding hydrogens is 400 g/mol. The Labute approximate surface area is 181 Å². The molecule has 0 saturated carbocycles. The molecule has 2 heterocycles. The monoisotopic (exact) mass is 436 g/mol. The van der Waals surface area contributed by atoms with E-state index in [4.69, 9.17) is 4.74 Å². The van der Waals surface area contributed by atoms with Crippen molar-refractivity contribution in [2.75, 3.05) is 53.1 Å². The molecule has 0 aromatic heterocycles. The van der Waals surface area contributed by atoms with Crippen molar-refractivity contribution in [2.45, 2.75) is 37.5 Å². The summed E-state index contributed by atoms with van der Waals surface area (Å²) in [7, 11) is 2.58. The molecule has 2 unspecified atom stereocenters. The van der Waals surface area contributed by atoms with Gasteiger partial charge in [-0.05, 0) is 63.9 Å². The molecule has 2 aliphatic heterocycles. The second-order valence-electron chi connectivity index (χ2n) is 9.03. The fourth-order valence-electron chi connectivity index (χ4n) is 4.68. The van der Waals surface area contributed by atoms with Crippen molar-refractivity contribution in [3.8, 4) is 5.75 Å². The number of nitrogens with one attached hydrogen (secondary N) is 1. The first kappa shape index (κ1) is 22.9. The Morgan fingerprint density at radius 1 is 1.27 bits per heavy atom. The van der Waals surface area contributed by atoms with Gasteiger partial charge in [-0.2, -0.15) is 0 Å².